The van der Waals surface area contributed by atoms with Crippen molar-refractivity contribution >= 4 is 45.8 Å². The van der Waals surface area contributed by atoms with E-state index in [1.54, 1.807) is 53.4 Å². The maximum absolute atomic E-state index is 13.8. The molecule has 160 valence electrons. The summed E-state index contributed by atoms with van der Waals surface area (Å²) in [7, 11) is 0. The molecule has 1 fully saturated rings. The summed E-state index contributed by atoms with van der Waals surface area (Å²) in [4.78, 5) is 32.3. The average Bonchev–Trinajstić information content (AvgIpc) is 3.43. The van der Waals surface area contributed by atoms with Crippen molar-refractivity contribution in [1.29, 1.82) is 0 Å². The number of hydrogen-bond acceptors (Lipinski definition) is 2. The monoisotopic (exact) mass is 462 g/mol. The van der Waals surface area contributed by atoms with Gasteiger partial charge in [-0.3, -0.25) is 9.59 Å². The summed E-state index contributed by atoms with van der Waals surface area (Å²) < 4.78 is 0. The topological polar surface area (TPSA) is 53.2 Å². The van der Waals surface area contributed by atoms with E-state index in [9.17, 15) is 9.59 Å². The molecule has 2 atom stereocenters. The molecule has 1 N–H and O–H groups in total. The first kappa shape index (κ1) is 20.8. The summed E-state index contributed by atoms with van der Waals surface area (Å²) in [5, 5.41) is 1.81. The van der Waals surface area contributed by atoms with Gasteiger partial charge in [-0.2, -0.15) is 0 Å². The predicted molar refractivity (Wildman–Crippen MR) is 128 cm³/mol. The van der Waals surface area contributed by atoms with Crippen molar-refractivity contribution in [3.63, 3.8) is 0 Å². The molecule has 2 unspecified atom stereocenters. The lowest BCUT2D eigenvalue weighted by molar-refractivity contribution is 0.0662. The van der Waals surface area contributed by atoms with Crippen molar-refractivity contribution in [3.05, 3.63) is 106 Å². The van der Waals surface area contributed by atoms with Gasteiger partial charge in [-0.1, -0.05) is 65.7 Å². The van der Waals surface area contributed by atoms with Crippen LogP contribution in [0.4, 0.5) is 0 Å². The number of carbonyl (C=O) groups is 2. The normalized spacial score (nSPS) is 18.2. The van der Waals surface area contributed by atoms with Crippen LogP contribution in [-0.2, 0) is 0 Å². The second kappa shape index (κ2) is 8.45. The molecule has 1 saturated heterocycles. The highest BCUT2D eigenvalue weighted by Crippen LogP contribution is 2.40. The number of para-hydroxylation sites is 1. The van der Waals surface area contributed by atoms with Crippen LogP contribution in [0.3, 0.4) is 0 Å². The Balaban J connectivity index is 1.61. The Morgan fingerprint density at radius 3 is 2.19 bits per heavy atom. The van der Waals surface area contributed by atoms with Crippen molar-refractivity contribution in [2.24, 2.45) is 0 Å². The summed E-state index contributed by atoms with van der Waals surface area (Å²) in [6, 6.07) is 21.2. The van der Waals surface area contributed by atoms with Crippen molar-refractivity contribution in [2.45, 2.75) is 18.4 Å². The highest BCUT2D eigenvalue weighted by molar-refractivity contribution is 6.35. The number of halogens is 2. The lowest BCUT2D eigenvalue weighted by Crippen LogP contribution is -2.43. The number of fused-ring (bicyclic) bond motifs is 1. The third-order valence-electron chi connectivity index (χ3n) is 6.19. The predicted octanol–water partition coefficient (Wildman–Crippen LogP) is 6.36. The maximum atomic E-state index is 13.8. The Morgan fingerprint density at radius 1 is 0.844 bits per heavy atom. The number of nitrogens with zero attached hydrogens (tertiary/aromatic N) is 1. The van der Waals surface area contributed by atoms with Crippen LogP contribution >= 0.6 is 23.2 Å². The fraction of sp³-hybridized carbons (Fsp3) is 0.154. The van der Waals surface area contributed by atoms with E-state index < -0.39 is 6.04 Å². The Labute approximate surface area is 195 Å². The zero-order valence-corrected chi connectivity index (χ0v) is 18.6. The van der Waals surface area contributed by atoms with Gasteiger partial charge in [0.2, 0.25) is 0 Å². The Bertz CT molecular complexity index is 1330. The third-order valence-corrected chi connectivity index (χ3v) is 6.85. The number of amides is 1. The largest absolute Gasteiger partial charge is 0.361 e. The number of likely N-dealkylation sites (tertiary alicyclic amines) is 1. The smallest absolute Gasteiger partial charge is 0.256 e. The van der Waals surface area contributed by atoms with Crippen molar-refractivity contribution in [2.75, 3.05) is 6.54 Å². The minimum Gasteiger partial charge on any atom is -0.361 e. The van der Waals surface area contributed by atoms with Crippen LogP contribution in [0.15, 0.2) is 79.0 Å². The molecule has 0 bridgehead atoms. The van der Waals surface area contributed by atoms with Gasteiger partial charge in [0, 0.05) is 35.1 Å². The molecule has 3 aromatic carbocycles. The fourth-order valence-corrected chi connectivity index (χ4v) is 5.13. The number of aromatic amines is 1. The van der Waals surface area contributed by atoms with Crippen LogP contribution in [0, 0.1) is 0 Å². The standard InChI is InChI=1S/C26H20Cl2N2O2/c27-21-10-4-1-8-18(21)25(31)24-17(20-15-29-23-12-6-3-7-16(20)23)13-14-30(24)26(32)19-9-2-5-11-22(19)28/h1-12,15,17,24,29H,13-14H2. The number of H-pyrrole nitrogens is 1. The number of nitrogens with one attached hydrogen (secondary N) is 1. The molecule has 32 heavy (non-hydrogen) atoms. The van der Waals surface area contributed by atoms with Crippen LogP contribution in [-0.4, -0.2) is 34.2 Å². The van der Waals surface area contributed by atoms with E-state index in [1.165, 1.54) is 0 Å². The van der Waals surface area contributed by atoms with Gasteiger partial charge in [0.25, 0.3) is 5.91 Å². The average molecular weight is 463 g/mol. The quantitative estimate of drug-likeness (QED) is 0.359. The zero-order chi connectivity index (χ0) is 22.2. The van der Waals surface area contributed by atoms with Crippen LogP contribution < -0.4 is 0 Å². The van der Waals surface area contributed by atoms with Gasteiger partial charge in [0.1, 0.15) is 6.04 Å². The molecule has 1 amide bonds. The first-order valence-electron chi connectivity index (χ1n) is 10.5. The van der Waals surface area contributed by atoms with Crippen LogP contribution in [0.5, 0.6) is 0 Å². The first-order chi connectivity index (χ1) is 15.6. The van der Waals surface area contributed by atoms with Crippen LogP contribution in [0.1, 0.15) is 38.6 Å². The summed E-state index contributed by atoms with van der Waals surface area (Å²) in [5.41, 5.74) is 2.84. The lowest BCUT2D eigenvalue weighted by atomic mass is 9.87. The van der Waals surface area contributed by atoms with Crippen molar-refractivity contribution < 1.29 is 9.59 Å². The fourth-order valence-electron chi connectivity index (χ4n) is 4.68. The Kier molecular flexibility index (Phi) is 5.50. The Hall–Kier alpha value is -3.08. The number of ketones is 1. The number of hydrogen-bond donors (Lipinski definition) is 1. The number of carbonyl (C=O) groups excluding carboxylic acids is 2. The maximum Gasteiger partial charge on any atom is 0.256 e. The zero-order valence-electron chi connectivity index (χ0n) is 17.1. The minimum absolute atomic E-state index is 0.163. The van der Waals surface area contributed by atoms with Gasteiger partial charge in [-0.05, 0) is 42.3 Å². The van der Waals surface area contributed by atoms with Crippen LogP contribution in [0.2, 0.25) is 10.0 Å². The van der Waals surface area contributed by atoms with Gasteiger partial charge in [0.15, 0.2) is 5.78 Å². The van der Waals surface area contributed by atoms with E-state index in [0.29, 0.717) is 34.1 Å². The lowest BCUT2D eigenvalue weighted by Gasteiger charge is -2.28. The molecule has 5 rings (SSSR count). The molecule has 1 aromatic heterocycles. The van der Waals surface area contributed by atoms with Gasteiger partial charge in [-0.25, -0.2) is 0 Å². The van der Waals surface area contributed by atoms with E-state index in [4.69, 9.17) is 23.2 Å². The van der Waals surface area contributed by atoms with Crippen molar-refractivity contribution in [3.8, 4) is 0 Å². The number of benzene rings is 3. The summed E-state index contributed by atoms with van der Waals surface area (Å²) >= 11 is 12.7. The van der Waals surface area contributed by atoms with E-state index in [0.717, 1.165) is 16.5 Å². The molecule has 6 heteroatoms. The molecule has 2 heterocycles. The number of aromatic nitrogens is 1. The molecule has 0 radical (unpaired) electrons. The summed E-state index contributed by atoms with van der Waals surface area (Å²) in [6.45, 7) is 0.453. The van der Waals surface area contributed by atoms with Gasteiger partial charge in [0.05, 0.1) is 15.6 Å². The van der Waals surface area contributed by atoms with E-state index in [1.807, 2.05) is 30.5 Å². The highest BCUT2D eigenvalue weighted by atomic mass is 35.5. The van der Waals surface area contributed by atoms with Gasteiger partial charge in [-0.15, -0.1) is 0 Å². The van der Waals surface area contributed by atoms with Crippen molar-refractivity contribution in [1.82, 2.24) is 9.88 Å². The molecule has 0 spiro atoms. The summed E-state index contributed by atoms with van der Waals surface area (Å²) in [5.74, 6) is -0.575. The molecule has 0 saturated carbocycles. The third kappa shape index (κ3) is 3.50. The van der Waals surface area contributed by atoms with Gasteiger partial charge >= 0.3 is 0 Å². The summed E-state index contributed by atoms with van der Waals surface area (Å²) in [6.07, 6.45) is 2.62. The number of Topliss-reactive ketones (excluding diaryl/α,β-unsaturated/α-hetero) is 1. The second-order valence-electron chi connectivity index (χ2n) is 7.95. The molecule has 1 aliphatic heterocycles. The highest BCUT2D eigenvalue weighted by Gasteiger charge is 2.44. The molecule has 4 aromatic rings. The molecular weight excluding hydrogens is 443 g/mol. The first-order valence-corrected chi connectivity index (χ1v) is 11.2. The van der Waals surface area contributed by atoms with E-state index in [2.05, 4.69) is 4.98 Å². The number of rotatable bonds is 4. The Morgan fingerprint density at radius 2 is 1.47 bits per heavy atom. The molecule has 1 aliphatic rings. The SMILES string of the molecule is O=C(c1ccccc1Cl)C1C(c2c[nH]c3ccccc23)CCN1C(=O)c1ccccc1Cl. The second-order valence-corrected chi connectivity index (χ2v) is 8.77. The van der Waals surface area contributed by atoms with E-state index in [-0.39, 0.29) is 17.6 Å². The minimum atomic E-state index is -0.683. The molecule has 4 nitrogen and oxygen atoms in total. The molecule has 0 aliphatic carbocycles. The van der Waals surface area contributed by atoms with E-state index >= 15 is 0 Å². The molecular formula is C26H20Cl2N2O2. The van der Waals surface area contributed by atoms with Gasteiger partial charge < -0.3 is 9.88 Å². The van der Waals surface area contributed by atoms with Crippen LogP contribution in [0.25, 0.3) is 10.9 Å².